The van der Waals surface area contributed by atoms with Crippen molar-refractivity contribution >= 4 is 23.3 Å². The second-order valence-corrected chi connectivity index (χ2v) is 11.0. The van der Waals surface area contributed by atoms with Gasteiger partial charge in [0.15, 0.2) is 6.61 Å². The third-order valence-electron chi connectivity index (χ3n) is 7.80. The number of amides is 1. The lowest BCUT2D eigenvalue weighted by molar-refractivity contribution is -0.133. The van der Waals surface area contributed by atoms with Gasteiger partial charge in [0.25, 0.3) is 5.91 Å². The lowest BCUT2D eigenvalue weighted by atomic mass is 9.76. The van der Waals surface area contributed by atoms with Crippen molar-refractivity contribution in [2.24, 2.45) is 11.8 Å². The van der Waals surface area contributed by atoms with Gasteiger partial charge in [-0.05, 0) is 65.8 Å². The van der Waals surface area contributed by atoms with Gasteiger partial charge in [-0.2, -0.15) is 0 Å². The summed E-state index contributed by atoms with van der Waals surface area (Å²) in [4.78, 5) is 21.2. The van der Waals surface area contributed by atoms with Crippen molar-refractivity contribution in [3.8, 4) is 5.75 Å². The molecular weight excluding hydrogens is 498 g/mol. The Kier molecular flexibility index (Phi) is 8.50. The van der Waals surface area contributed by atoms with E-state index in [2.05, 4.69) is 48.0 Å². The number of hydrogen-bond acceptors (Lipinski definition) is 5. The number of hydrogen-bond donors (Lipinski definition) is 0. The highest BCUT2D eigenvalue weighted by atomic mass is 35.5. The average molecular weight is 534 g/mol. The van der Waals surface area contributed by atoms with Gasteiger partial charge in [0.1, 0.15) is 11.6 Å². The average Bonchev–Trinajstić information content (AvgIpc) is 2.97. The Bertz CT molecular complexity index is 1180. The molecule has 6 nitrogen and oxygen atoms in total. The van der Waals surface area contributed by atoms with E-state index in [1.807, 2.05) is 47.4 Å². The molecule has 0 aliphatic carbocycles. The predicted molar refractivity (Wildman–Crippen MR) is 151 cm³/mol. The van der Waals surface area contributed by atoms with Crippen LogP contribution in [0.1, 0.15) is 43.4 Å². The van der Waals surface area contributed by atoms with Crippen molar-refractivity contribution in [3.05, 3.63) is 89.1 Å². The maximum absolute atomic E-state index is 12.8. The number of anilines is 1. The van der Waals surface area contributed by atoms with E-state index in [4.69, 9.17) is 21.1 Å². The zero-order chi connectivity index (χ0) is 26.5. The summed E-state index contributed by atoms with van der Waals surface area (Å²) in [6, 6.07) is 22.1. The highest BCUT2D eigenvalue weighted by Crippen LogP contribution is 2.43. The van der Waals surface area contributed by atoms with Crippen LogP contribution in [0.4, 0.5) is 5.82 Å². The van der Waals surface area contributed by atoms with Gasteiger partial charge in [-0.25, -0.2) is 4.98 Å². The minimum absolute atomic E-state index is 0.0125. The van der Waals surface area contributed by atoms with E-state index in [9.17, 15) is 4.79 Å². The van der Waals surface area contributed by atoms with Crippen LogP contribution < -0.4 is 9.64 Å². The summed E-state index contributed by atoms with van der Waals surface area (Å²) in [6.07, 6.45) is 2.92. The molecule has 2 fully saturated rings. The molecule has 3 aromatic rings. The quantitative estimate of drug-likeness (QED) is 0.374. The molecule has 2 aliphatic heterocycles. The van der Waals surface area contributed by atoms with Gasteiger partial charge >= 0.3 is 0 Å². The van der Waals surface area contributed by atoms with E-state index in [-0.39, 0.29) is 18.6 Å². The Morgan fingerprint density at radius 3 is 2.37 bits per heavy atom. The summed E-state index contributed by atoms with van der Waals surface area (Å²) < 4.78 is 12.3. The molecule has 2 aromatic carbocycles. The molecule has 5 rings (SSSR count). The summed E-state index contributed by atoms with van der Waals surface area (Å²) >= 11 is 6.08. The van der Waals surface area contributed by atoms with Crippen molar-refractivity contribution in [1.29, 1.82) is 0 Å². The maximum Gasteiger partial charge on any atom is 0.260 e. The Morgan fingerprint density at radius 2 is 1.71 bits per heavy atom. The normalized spacial score (nSPS) is 21.9. The number of carbonyl (C=O) groups is 1. The fourth-order valence-corrected chi connectivity index (χ4v) is 5.64. The zero-order valence-electron chi connectivity index (χ0n) is 22.1. The third-order valence-corrected chi connectivity index (χ3v) is 8.05. The van der Waals surface area contributed by atoms with E-state index in [1.54, 1.807) is 6.20 Å². The molecule has 200 valence electrons. The number of halogens is 1. The van der Waals surface area contributed by atoms with E-state index in [0.29, 0.717) is 43.2 Å². The van der Waals surface area contributed by atoms with Crippen molar-refractivity contribution in [2.45, 2.75) is 32.3 Å². The van der Waals surface area contributed by atoms with Crippen LogP contribution in [0, 0.1) is 11.8 Å². The van der Waals surface area contributed by atoms with Crippen LogP contribution >= 0.6 is 11.6 Å². The highest BCUT2D eigenvalue weighted by molar-refractivity contribution is 6.30. The van der Waals surface area contributed by atoms with Crippen LogP contribution in [0.3, 0.4) is 0 Å². The van der Waals surface area contributed by atoms with E-state index < -0.39 is 0 Å². The molecule has 0 radical (unpaired) electrons. The number of benzene rings is 2. The van der Waals surface area contributed by atoms with Crippen molar-refractivity contribution in [3.63, 3.8) is 0 Å². The molecule has 3 atom stereocenters. The molecule has 0 bridgehead atoms. The molecule has 0 unspecified atom stereocenters. The van der Waals surface area contributed by atoms with E-state index in [0.717, 1.165) is 35.9 Å². The molecule has 0 N–H and O–H groups in total. The van der Waals surface area contributed by atoms with Crippen LogP contribution in [0.15, 0.2) is 72.9 Å². The summed E-state index contributed by atoms with van der Waals surface area (Å²) in [7, 11) is 0. The monoisotopic (exact) mass is 533 g/mol. The van der Waals surface area contributed by atoms with Crippen molar-refractivity contribution in [1.82, 2.24) is 9.88 Å². The van der Waals surface area contributed by atoms with Gasteiger partial charge < -0.3 is 19.3 Å². The first kappa shape index (κ1) is 26.5. The molecule has 2 aliphatic rings. The molecule has 0 saturated carbocycles. The molecule has 1 aromatic heterocycles. The molecule has 3 heterocycles. The van der Waals surface area contributed by atoms with Crippen LogP contribution in [0.25, 0.3) is 0 Å². The van der Waals surface area contributed by atoms with E-state index in [1.165, 1.54) is 5.56 Å². The lowest BCUT2D eigenvalue weighted by Gasteiger charge is -2.39. The number of piperazine rings is 1. The van der Waals surface area contributed by atoms with Gasteiger partial charge in [-0.3, -0.25) is 4.79 Å². The van der Waals surface area contributed by atoms with Gasteiger partial charge in [0.2, 0.25) is 0 Å². The minimum Gasteiger partial charge on any atom is -0.484 e. The summed E-state index contributed by atoms with van der Waals surface area (Å²) in [5.41, 5.74) is 2.44. The first-order valence-electron chi connectivity index (χ1n) is 13.5. The number of aromatic nitrogens is 1. The van der Waals surface area contributed by atoms with Crippen LogP contribution in [-0.2, 0) is 9.53 Å². The van der Waals surface area contributed by atoms with Gasteiger partial charge in [-0.1, -0.05) is 55.8 Å². The van der Waals surface area contributed by atoms with Crippen LogP contribution in [-0.4, -0.2) is 55.2 Å². The van der Waals surface area contributed by atoms with Crippen LogP contribution in [0.5, 0.6) is 5.75 Å². The Labute approximate surface area is 230 Å². The van der Waals surface area contributed by atoms with Gasteiger partial charge in [0, 0.05) is 43.3 Å². The highest BCUT2D eigenvalue weighted by Gasteiger charge is 2.35. The molecule has 7 heteroatoms. The predicted octanol–water partition coefficient (Wildman–Crippen LogP) is 5.98. The third kappa shape index (κ3) is 6.30. The molecular formula is C31H36ClN3O3. The number of carbonyl (C=O) groups excluding carboxylic acids is 1. The Hall–Kier alpha value is -3.09. The standard InChI is InChI=1S/C31H36ClN3O3/c1-22(2)28-19-25(23-6-10-26(32)11-7-23)20-38-31(28)24-8-12-27(13-9-24)37-21-30(36)35-17-15-34(16-18-35)29-5-3-4-14-33-29/h3-14,22,25,28,31H,15-21H2,1-2H3/t25-,28-,31-/m0/s1. The first-order chi connectivity index (χ1) is 18.5. The zero-order valence-corrected chi connectivity index (χ0v) is 22.9. The van der Waals surface area contributed by atoms with Gasteiger partial charge in [-0.15, -0.1) is 0 Å². The summed E-state index contributed by atoms with van der Waals surface area (Å²) in [5.74, 6) is 2.93. The Morgan fingerprint density at radius 1 is 1.00 bits per heavy atom. The lowest BCUT2D eigenvalue weighted by Crippen LogP contribution is -2.50. The molecule has 2 saturated heterocycles. The second-order valence-electron chi connectivity index (χ2n) is 10.6. The minimum atomic E-state index is 0.0125. The Balaban J connectivity index is 1.13. The van der Waals surface area contributed by atoms with Crippen molar-refractivity contribution < 1.29 is 14.3 Å². The first-order valence-corrected chi connectivity index (χ1v) is 13.9. The largest absolute Gasteiger partial charge is 0.484 e. The van der Waals surface area contributed by atoms with E-state index >= 15 is 0 Å². The SMILES string of the molecule is CC(C)[C@@H]1C[C@H](c2ccc(Cl)cc2)CO[C@H]1c1ccc(OCC(=O)N2CCN(c3ccccn3)CC2)cc1. The fraction of sp³-hybridized carbons (Fsp3) is 0.419. The molecule has 0 spiro atoms. The number of pyridine rings is 1. The van der Waals surface area contributed by atoms with Gasteiger partial charge in [0.05, 0.1) is 12.7 Å². The van der Waals surface area contributed by atoms with Crippen molar-refractivity contribution in [2.75, 3.05) is 44.3 Å². The fourth-order valence-electron chi connectivity index (χ4n) is 5.51. The molecule has 38 heavy (non-hydrogen) atoms. The summed E-state index contributed by atoms with van der Waals surface area (Å²) in [6.45, 7) is 8.16. The number of rotatable bonds is 7. The molecule has 1 amide bonds. The number of nitrogens with zero attached hydrogens (tertiary/aromatic N) is 3. The maximum atomic E-state index is 12.8. The second kappa shape index (κ2) is 12.2. The summed E-state index contributed by atoms with van der Waals surface area (Å²) in [5, 5.41) is 0.760. The smallest absolute Gasteiger partial charge is 0.260 e. The number of ether oxygens (including phenoxy) is 2. The van der Waals surface area contributed by atoms with Crippen LogP contribution in [0.2, 0.25) is 5.02 Å². The topological polar surface area (TPSA) is 54.9 Å².